The zero-order chi connectivity index (χ0) is 26.9. The SMILES string of the molecule is CC(C)[SiH](c1ccc(CC(=O)O)cc1)C(C)C.CC(C)[Si](O)(c1ccc(CC(=O)O)cc1)C(C)C. The second kappa shape index (κ2) is 13.8. The largest absolute Gasteiger partial charge is 0.481 e. The van der Waals surface area contributed by atoms with Crippen LogP contribution in [0.3, 0.4) is 0 Å². The third kappa shape index (κ3) is 9.05. The van der Waals surface area contributed by atoms with Gasteiger partial charge in [0.15, 0.2) is 0 Å². The van der Waals surface area contributed by atoms with Crippen LogP contribution in [0, 0.1) is 0 Å². The summed E-state index contributed by atoms with van der Waals surface area (Å²) in [6.07, 6.45) is 0.152. The summed E-state index contributed by atoms with van der Waals surface area (Å²) in [7, 11) is -3.43. The molecule has 0 atom stereocenters. The number of benzene rings is 2. The smallest absolute Gasteiger partial charge is 0.307 e. The number of hydrogen-bond donors (Lipinski definition) is 3. The van der Waals surface area contributed by atoms with Gasteiger partial charge < -0.3 is 15.0 Å². The molecule has 0 aliphatic heterocycles. The average molecular weight is 517 g/mol. The molecule has 0 aromatic heterocycles. The van der Waals surface area contributed by atoms with Crippen LogP contribution >= 0.6 is 0 Å². The minimum atomic E-state index is -2.49. The van der Waals surface area contributed by atoms with Crippen LogP contribution in [0.15, 0.2) is 48.5 Å². The zero-order valence-electron chi connectivity index (χ0n) is 22.6. The zero-order valence-corrected chi connectivity index (χ0v) is 24.7. The van der Waals surface area contributed by atoms with Crippen molar-refractivity contribution < 1.29 is 24.6 Å². The lowest BCUT2D eigenvalue weighted by Gasteiger charge is -2.33. The lowest BCUT2D eigenvalue weighted by molar-refractivity contribution is -0.137. The fourth-order valence-corrected chi connectivity index (χ4v) is 12.1. The van der Waals surface area contributed by atoms with E-state index in [9.17, 15) is 14.4 Å². The average Bonchev–Trinajstić information content (AvgIpc) is 2.74. The molecule has 35 heavy (non-hydrogen) atoms. The van der Waals surface area contributed by atoms with Gasteiger partial charge in [-0.05, 0) is 38.5 Å². The molecule has 0 amide bonds. The summed E-state index contributed by atoms with van der Waals surface area (Å²) >= 11 is 0. The number of rotatable bonds is 10. The Kier molecular flexibility index (Phi) is 12.1. The van der Waals surface area contributed by atoms with E-state index in [1.807, 2.05) is 36.4 Å². The van der Waals surface area contributed by atoms with Crippen molar-refractivity contribution in [3.8, 4) is 0 Å². The second-order valence-corrected chi connectivity index (χ2v) is 19.7. The van der Waals surface area contributed by atoms with E-state index >= 15 is 0 Å². The van der Waals surface area contributed by atoms with Crippen molar-refractivity contribution in [2.75, 3.05) is 0 Å². The van der Waals surface area contributed by atoms with E-state index in [0.29, 0.717) is 0 Å². The Labute approximate surface area is 214 Å². The van der Waals surface area contributed by atoms with Gasteiger partial charge in [0.2, 0.25) is 8.32 Å². The molecule has 0 heterocycles. The van der Waals surface area contributed by atoms with Crippen LogP contribution in [0.4, 0.5) is 0 Å². The summed E-state index contributed by atoms with van der Waals surface area (Å²) in [5, 5.41) is 19.9. The van der Waals surface area contributed by atoms with Crippen molar-refractivity contribution in [3.63, 3.8) is 0 Å². The molecule has 7 heteroatoms. The maximum atomic E-state index is 10.9. The molecule has 0 spiro atoms. The fraction of sp³-hybridized carbons (Fsp3) is 0.500. The third-order valence-electron chi connectivity index (χ3n) is 6.69. The minimum absolute atomic E-state index is 0.0314. The molecule has 0 aliphatic rings. The highest BCUT2D eigenvalue weighted by molar-refractivity contribution is 6.87. The molecule has 0 radical (unpaired) electrons. The van der Waals surface area contributed by atoms with Gasteiger partial charge in [0.1, 0.15) is 0 Å². The molecule has 2 aromatic carbocycles. The monoisotopic (exact) mass is 516 g/mol. The van der Waals surface area contributed by atoms with Crippen LogP contribution in [0.5, 0.6) is 0 Å². The number of carboxylic acids is 2. The van der Waals surface area contributed by atoms with Crippen LogP contribution < -0.4 is 10.4 Å². The Morgan fingerprint density at radius 1 is 0.686 bits per heavy atom. The van der Waals surface area contributed by atoms with Crippen LogP contribution in [0.25, 0.3) is 0 Å². The van der Waals surface area contributed by atoms with Gasteiger partial charge in [-0.2, -0.15) is 0 Å². The van der Waals surface area contributed by atoms with Gasteiger partial charge in [-0.1, -0.05) is 109 Å². The first-order valence-corrected chi connectivity index (χ1v) is 16.6. The first-order valence-electron chi connectivity index (χ1n) is 12.5. The van der Waals surface area contributed by atoms with Gasteiger partial charge in [0.05, 0.1) is 21.6 Å². The second-order valence-electron chi connectivity index (χ2n) is 10.7. The van der Waals surface area contributed by atoms with Crippen molar-refractivity contribution in [1.29, 1.82) is 0 Å². The molecule has 0 bridgehead atoms. The van der Waals surface area contributed by atoms with Crippen molar-refractivity contribution in [2.45, 2.75) is 90.4 Å². The molecular weight excluding hydrogens is 472 g/mol. The van der Waals surface area contributed by atoms with E-state index in [0.717, 1.165) is 27.4 Å². The number of carbonyl (C=O) groups is 2. The standard InChI is InChI=1S/C14H22O3Si.C14H22O2Si/c1-10(2)18(17,11(3)4)13-7-5-12(6-8-13)9-14(15)16;1-10(2)17(11(3)4)13-7-5-12(6-8-13)9-14(15)16/h5-8,10-11,17H,9H2,1-4H3,(H,15,16);5-8,10-11,17H,9H2,1-4H3,(H,15,16). The van der Waals surface area contributed by atoms with Crippen LogP contribution in [0.2, 0.25) is 22.2 Å². The maximum Gasteiger partial charge on any atom is 0.307 e. The molecule has 194 valence electrons. The molecule has 0 saturated carbocycles. The lowest BCUT2D eigenvalue weighted by atomic mass is 10.2. The number of aliphatic carboxylic acids is 2. The topological polar surface area (TPSA) is 94.8 Å². The van der Waals surface area contributed by atoms with Gasteiger partial charge >= 0.3 is 11.9 Å². The molecule has 0 saturated heterocycles. The van der Waals surface area contributed by atoms with Gasteiger partial charge in [-0.15, -0.1) is 0 Å². The first kappa shape index (κ1) is 30.8. The van der Waals surface area contributed by atoms with Gasteiger partial charge in [-0.3, -0.25) is 9.59 Å². The molecule has 2 aromatic rings. The predicted molar refractivity (Wildman–Crippen MR) is 150 cm³/mol. The van der Waals surface area contributed by atoms with E-state index in [-0.39, 0.29) is 23.9 Å². The van der Waals surface area contributed by atoms with Crippen LogP contribution in [-0.4, -0.2) is 44.1 Å². The molecule has 0 fully saturated rings. The van der Waals surface area contributed by atoms with E-state index in [4.69, 9.17) is 10.2 Å². The van der Waals surface area contributed by atoms with Crippen molar-refractivity contribution in [2.24, 2.45) is 0 Å². The van der Waals surface area contributed by atoms with E-state index in [1.165, 1.54) is 5.19 Å². The van der Waals surface area contributed by atoms with Crippen molar-refractivity contribution in [3.05, 3.63) is 59.7 Å². The molecule has 0 unspecified atom stereocenters. The fourth-order valence-electron chi connectivity index (χ4n) is 4.97. The predicted octanol–water partition coefficient (Wildman–Crippen LogP) is 4.85. The molecule has 5 nitrogen and oxygen atoms in total. The van der Waals surface area contributed by atoms with Crippen LogP contribution in [-0.2, 0) is 22.4 Å². The van der Waals surface area contributed by atoms with Gasteiger partial charge in [-0.25, -0.2) is 0 Å². The van der Waals surface area contributed by atoms with E-state index in [1.54, 1.807) is 0 Å². The van der Waals surface area contributed by atoms with Gasteiger partial charge in [0, 0.05) is 0 Å². The normalized spacial score (nSPS) is 11.8. The summed E-state index contributed by atoms with van der Waals surface area (Å²) in [6, 6.07) is 15.6. The van der Waals surface area contributed by atoms with Crippen molar-refractivity contribution >= 4 is 39.4 Å². The van der Waals surface area contributed by atoms with E-state index in [2.05, 4.69) is 67.5 Å². The Balaban J connectivity index is 0.000000351. The molecule has 2 rings (SSSR count). The Hall–Kier alpha value is -2.23. The molecular formula is C28H44O5Si2. The maximum absolute atomic E-state index is 10.9. The van der Waals surface area contributed by atoms with Crippen LogP contribution in [0.1, 0.15) is 66.5 Å². The lowest BCUT2D eigenvalue weighted by Crippen LogP contribution is -2.53. The quantitative estimate of drug-likeness (QED) is 0.393. The van der Waals surface area contributed by atoms with Gasteiger partial charge in [0.25, 0.3) is 0 Å². The third-order valence-corrected chi connectivity index (χ3v) is 15.5. The summed E-state index contributed by atoms with van der Waals surface area (Å²) < 4.78 is 0. The van der Waals surface area contributed by atoms with Crippen molar-refractivity contribution in [1.82, 2.24) is 0 Å². The summed E-state index contributed by atoms with van der Waals surface area (Å²) in [6.45, 7) is 17.4. The highest BCUT2D eigenvalue weighted by Gasteiger charge is 2.40. The highest BCUT2D eigenvalue weighted by Crippen LogP contribution is 2.29. The Bertz CT molecular complexity index is 919. The Morgan fingerprint density at radius 3 is 1.31 bits per heavy atom. The minimum Gasteiger partial charge on any atom is -0.481 e. The summed E-state index contributed by atoms with van der Waals surface area (Å²) in [5.74, 6) is -1.60. The number of carboxylic acid groups (broad SMARTS) is 2. The van der Waals surface area contributed by atoms with E-state index < -0.39 is 29.1 Å². The Morgan fingerprint density at radius 2 is 1.03 bits per heavy atom. The summed E-state index contributed by atoms with van der Waals surface area (Å²) in [4.78, 5) is 32.2. The highest BCUT2D eigenvalue weighted by atomic mass is 28.4. The summed E-state index contributed by atoms with van der Waals surface area (Å²) in [5.41, 5.74) is 3.61. The number of hydrogen-bond acceptors (Lipinski definition) is 3. The molecule has 0 aliphatic carbocycles. The first-order chi connectivity index (χ1) is 16.2. The molecule has 3 N–H and O–H groups in total.